The summed E-state index contributed by atoms with van der Waals surface area (Å²) in [7, 11) is 1.90. The molecule has 0 fully saturated rings. The molecule has 122 valence electrons. The standard InChI is InChI=1S/C21H22N2O/c1-14-9-10-15(2)19-18(14)17-11-12-22(3)21(24)20(17)23(19)13-16-7-5-4-6-8-16/h4-10H,11-13H2,1-3H3. The summed E-state index contributed by atoms with van der Waals surface area (Å²) in [6.45, 7) is 5.82. The van der Waals surface area contributed by atoms with Crippen LogP contribution in [0.5, 0.6) is 0 Å². The fourth-order valence-electron chi connectivity index (χ4n) is 3.89. The van der Waals surface area contributed by atoms with Crippen LogP contribution in [0.2, 0.25) is 0 Å². The maximum Gasteiger partial charge on any atom is 0.270 e. The summed E-state index contributed by atoms with van der Waals surface area (Å²) in [6.07, 6.45) is 0.931. The normalized spacial score (nSPS) is 14.3. The Labute approximate surface area is 142 Å². The second-order valence-electron chi connectivity index (χ2n) is 6.80. The minimum atomic E-state index is 0.141. The van der Waals surface area contributed by atoms with E-state index in [2.05, 4.69) is 54.8 Å². The number of hydrogen-bond donors (Lipinski definition) is 0. The van der Waals surface area contributed by atoms with Gasteiger partial charge in [-0.3, -0.25) is 4.79 Å². The van der Waals surface area contributed by atoms with E-state index in [1.807, 2.05) is 18.0 Å². The average Bonchev–Trinajstić information content (AvgIpc) is 2.92. The van der Waals surface area contributed by atoms with Gasteiger partial charge in [0.2, 0.25) is 0 Å². The van der Waals surface area contributed by atoms with Crippen LogP contribution in [0.15, 0.2) is 42.5 Å². The summed E-state index contributed by atoms with van der Waals surface area (Å²) in [5.41, 5.74) is 7.03. The van der Waals surface area contributed by atoms with E-state index < -0.39 is 0 Å². The maximum absolute atomic E-state index is 12.9. The van der Waals surface area contributed by atoms with Crippen LogP contribution in [0.25, 0.3) is 10.9 Å². The van der Waals surface area contributed by atoms with E-state index in [0.717, 1.165) is 25.2 Å². The highest BCUT2D eigenvalue weighted by Crippen LogP contribution is 2.35. The summed E-state index contributed by atoms with van der Waals surface area (Å²) >= 11 is 0. The third kappa shape index (κ3) is 2.15. The van der Waals surface area contributed by atoms with Crippen molar-refractivity contribution in [3.8, 4) is 0 Å². The Bertz CT molecular complexity index is 938. The molecule has 0 saturated carbocycles. The molecular weight excluding hydrogens is 296 g/mol. The quantitative estimate of drug-likeness (QED) is 0.703. The molecule has 3 nitrogen and oxygen atoms in total. The summed E-state index contributed by atoms with van der Waals surface area (Å²) in [6, 6.07) is 14.7. The van der Waals surface area contributed by atoms with Gasteiger partial charge in [0.25, 0.3) is 5.91 Å². The Morgan fingerprint density at radius 2 is 1.71 bits per heavy atom. The molecule has 3 aromatic rings. The lowest BCUT2D eigenvalue weighted by atomic mass is 9.99. The predicted molar refractivity (Wildman–Crippen MR) is 97.6 cm³/mol. The molecule has 0 atom stereocenters. The van der Waals surface area contributed by atoms with E-state index in [9.17, 15) is 4.79 Å². The maximum atomic E-state index is 12.9. The molecule has 2 heterocycles. The molecule has 1 aliphatic rings. The van der Waals surface area contributed by atoms with Crippen molar-refractivity contribution in [3.63, 3.8) is 0 Å². The molecule has 0 spiro atoms. The van der Waals surface area contributed by atoms with E-state index in [4.69, 9.17) is 0 Å². The lowest BCUT2D eigenvalue weighted by Gasteiger charge is -2.24. The van der Waals surface area contributed by atoms with Crippen LogP contribution in [-0.4, -0.2) is 29.0 Å². The molecule has 1 aliphatic heterocycles. The molecule has 0 radical (unpaired) electrons. The van der Waals surface area contributed by atoms with Crippen LogP contribution in [0.3, 0.4) is 0 Å². The van der Waals surface area contributed by atoms with Gasteiger partial charge in [0.15, 0.2) is 0 Å². The Kier molecular flexibility index (Phi) is 3.45. The minimum Gasteiger partial charge on any atom is -0.340 e. The summed E-state index contributed by atoms with van der Waals surface area (Å²) in [5.74, 6) is 0.141. The van der Waals surface area contributed by atoms with Crippen molar-refractivity contribution in [2.24, 2.45) is 0 Å². The molecule has 1 amide bonds. The lowest BCUT2D eigenvalue weighted by Crippen LogP contribution is -2.35. The first-order valence-electron chi connectivity index (χ1n) is 8.48. The Hall–Kier alpha value is -2.55. The molecule has 3 heteroatoms. The van der Waals surface area contributed by atoms with Gasteiger partial charge in [-0.25, -0.2) is 0 Å². The largest absolute Gasteiger partial charge is 0.340 e. The zero-order chi connectivity index (χ0) is 16.8. The number of hydrogen-bond acceptors (Lipinski definition) is 1. The van der Waals surface area contributed by atoms with Gasteiger partial charge in [-0.05, 0) is 42.5 Å². The van der Waals surface area contributed by atoms with Crippen molar-refractivity contribution in [1.29, 1.82) is 0 Å². The third-order valence-corrected chi connectivity index (χ3v) is 5.15. The second-order valence-corrected chi connectivity index (χ2v) is 6.80. The number of fused-ring (bicyclic) bond motifs is 3. The third-order valence-electron chi connectivity index (χ3n) is 5.15. The van der Waals surface area contributed by atoms with E-state index >= 15 is 0 Å². The number of aryl methyl sites for hydroxylation is 2. The Morgan fingerprint density at radius 3 is 2.46 bits per heavy atom. The first-order valence-corrected chi connectivity index (χ1v) is 8.48. The zero-order valence-corrected chi connectivity index (χ0v) is 14.5. The van der Waals surface area contributed by atoms with E-state index in [0.29, 0.717) is 0 Å². The predicted octanol–water partition coefficient (Wildman–Crippen LogP) is 3.93. The van der Waals surface area contributed by atoms with Crippen LogP contribution in [0.4, 0.5) is 0 Å². The molecule has 24 heavy (non-hydrogen) atoms. The first-order chi connectivity index (χ1) is 11.6. The van der Waals surface area contributed by atoms with Crippen molar-refractivity contribution in [2.75, 3.05) is 13.6 Å². The topological polar surface area (TPSA) is 25.2 Å². The molecule has 0 saturated heterocycles. The molecule has 1 aromatic heterocycles. The molecule has 2 aromatic carbocycles. The van der Waals surface area contributed by atoms with Gasteiger partial charge in [-0.15, -0.1) is 0 Å². The van der Waals surface area contributed by atoms with Gasteiger partial charge in [-0.1, -0.05) is 42.5 Å². The first kappa shape index (κ1) is 15.0. The number of aromatic nitrogens is 1. The van der Waals surface area contributed by atoms with Crippen LogP contribution in [-0.2, 0) is 13.0 Å². The number of benzene rings is 2. The van der Waals surface area contributed by atoms with Gasteiger partial charge in [0.05, 0.1) is 5.52 Å². The van der Waals surface area contributed by atoms with Crippen molar-refractivity contribution in [2.45, 2.75) is 26.8 Å². The van der Waals surface area contributed by atoms with Gasteiger partial charge in [0.1, 0.15) is 5.69 Å². The van der Waals surface area contributed by atoms with Crippen LogP contribution >= 0.6 is 0 Å². The van der Waals surface area contributed by atoms with E-state index in [1.54, 1.807) is 0 Å². The number of rotatable bonds is 2. The van der Waals surface area contributed by atoms with Crippen LogP contribution in [0.1, 0.15) is 32.7 Å². The molecule has 0 unspecified atom stereocenters. The molecular formula is C21H22N2O. The molecule has 4 rings (SSSR count). The zero-order valence-electron chi connectivity index (χ0n) is 14.5. The smallest absolute Gasteiger partial charge is 0.270 e. The molecule has 0 N–H and O–H groups in total. The Morgan fingerprint density at radius 1 is 1.00 bits per heavy atom. The summed E-state index contributed by atoms with van der Waals surface area (Å²) in [5, 5.41) is 1.28. The lowest BCUT2D eigenvalue weighted by molar-refractivity contribution is 0.0770. The second kappa shape index (κ2) is 5.52. The van der Waals surface area contributed by atoms with Crippen molar-refractivity contribution < 1.29 is 4.79 Å². The van der Waals surface area contributed by atoms with Crippen LogP contribution < -0.4 is 0 Å². The highest BCUT2D eigenvalue weighted by Gasteiger charge is 2.30. The van der Waals surface area contributed by atoms with Gasteiger partial charge in [-0.2, -0.15) is 0 Å². The Balaban J connectivity index is 2.04. The number of carbonyl (C=O) groups excluding carboxylic acids is 1. The van der Waals surface area contributed by atoms with E-state index in [1.165, 1.54) is 33.2 Å². The van der Waals surface area contributed by atoms with Crippen molar-refractivity contribution in [1.82, 2.24) is 9.47 Å². The van der Waals surface area contributed by atoms with Gasteiger partial charge >= 0.3 is 0 Å². The summed E-state index contributed by atoms with van der Waals surface area (Å²) in [4.78, 5) is 14.8. The average molecular weight is 318 g/mol. The number of amides is 1. The van der Waals surface area contributed by atoms with Crippen LogP contribution in [0, 0.1) is 13.8 Å². The summed E-state index contributed by atoms with van der Waals surface area (Å²) < 4.78 is 2.24. The molecule has 0 aliphatic carbocycles. The van der Waals surface area contributed by atoms with Gasteiger partial charge in [0, 0.05) is 25.5 Å². The SMILES string of the molecule is Cc1ccc(C)c2c1c1c(n2Cc2ccccc2)C(=O)N(C)CC1. The fraction of sp³-hybridized carbons (Fsp3) is 0.286. The molecule has 0 bridgehead atoms. The van der Waals surface area contributed by atoms with Crippen molar-refractivity contribution >= 4 is 16.8 Å². The van der Waals surface area contributed by atoms with Gasteiger partial charge < -0.3 is 9.47 Å². The number of likely N-dealkylation sites (N-methyl/N-ethyl adjacent to an activating group) is 1. The highest BCUT2D eigenvalue weighted by atomic mass is 16.2. The minimum absolute atomic E-state index is 0.141. The van der Waals surface area contributed by atoms with Crippen molar-refractivity contribution in [3.05, 3.63) is 70.4 Å². The number of nitrogens with zero attached hydrogens (tertiary/aromatic N) is 2. The highest BCUT2D eigenvalue weighted by molar-refractivity contribution is 6.04. The monoisotopic (exact) mass is 318 g/mol. The fourth-order valence-corrected chi connectivity index (χ4v) is 3.89. The number of carbonyl (C=O) groups is 1. The van der Waals surface area contributed by atoms with E-state index in [-0.39, 0.29) is 5.91 Å².